The van der Waals surface area contributed by atoms with Crippen LogP contribution in [0.3, 0.4) is 0 Å². The number of amides is 3. The zero-order valence-electron chi connectivity index (χ0n) is 17.4. The lowest BCUT2D eigenvalue weighted by atomic mass is 9.94. The number of carbonyl (C=O) groups is 3. The molecule has 1 fully saturated rings. The van der Waals surface area contributed by atoms with Gasteiger partial charge in [-0.15, -0.1) is 15.6 Å². The number of nitrogens with zero attached hydrogens (tertiary/aromatic N) is 4. The van der Waals surface area contributed by atoms with Crippen molar-refractivity contribution in [3.05, 3.63) is 21.4 Å². The predicted octanol–water partition coefficient (Wildman–Crippen LogP) is -0.189. The summed E-state index contributed by atoms with van der Waals surface area (Å²) in [6.45, 7) is 0.132. The van der Waals surface area contributed by atoms with E-state index in [4.69, 9.17) is 25.9 Å². The SMILES string of the molecule is CN(C)C(=O)[C@@H]1c2c(CN=C(N)N)csc2[C@H]2CN1C(=O)N2OS(=O)(=O)O.O=C(O)C(F)(F)F. The fourth-order valence-electron chi connectivity index (χ4n) is 3.13. The second-order valence-corrected chi connectivity index (χ2v) is 8.91. The number of likely N-dealkylation sites (N-methyl/N-ethyl adjacent to an activating group) is 1. The van der Waals surface area contributed by atoms with Crippen molar-refractivity contribution in [3.8, 4) is 0 Å². The summed E-state index contributed by atoms with van der Waals surface area (Å²) in [5.74, 6) is -3.26. The highest BCUT2D eigenvalue weighted by atomic mass is 32.3. The molecule has 0 aromatic carbocycles. The Hall–Kier alpha value is -3.16. The van der Waals surface area contributed by atoms with E-state index in [1.54, 1.807) is 19.5 Å². The number of nitrogens with two attached hydrogens (primary N) is 2. The van der Waals surface area contributed by atoms with Gasteiger partial charge in [-0.25, -0.2) is 14.6 Å². The summed E-state index contributed by atoms with van der Waals surface area (Å²) in [5, 5.41) is 9.43. The minimum atomic E-state index is -5.08. The molecule has 14 nitrogen and oxygen atoms in total. The van der Waals surface area contributed by atoms with Gasteiger partial charge in [0.15, 0.2) is 5.96 Å². The molecule has 6 N–H and O–H groups in total. The van der Waals surface area contributed by atoms with Gasteiger partial charge >= 0.3 is 28.6 Å². The molecule has 1 aromatic heterocycles. The number of carboxylic acids is 1. The Labute approximate surface area is 194 Å². The number of aliphatic imine (C=N–C) groups is 1. The normalized spacial score (nSPS) is 19.2. The van der Waals surface area contributed by atoms with Gasteiger partial charge in [-0.1, -0.05) is 0 Å². The average Bonchev–Trinajstić information content (AvgIpc) is 3.21. The number of hydrogen-bond donors (Lipinski definition) is 4. The Morgan fingerprint density at radius 1 is 1.35 bits per heavy atom. The zero-order chi connectivity index (χ0) is 26.2. The molecule has 2 aliphatic heterocycles. The van der Waals surface area contributed by atoms with Gasteiger partial charge in [-0.05, 0) is 10.9 Å². The standard InChI is InChI=1S/C13H18N6O6S2.C2HF3O2/c1-17(2)11(20)9-8-6(3-16-12(14)15)5-26-10(8)7-4-18(9)13(21)19(7)25-27(22,23)24;3-2(4,5)1(6)7/h5,7,9H,3-4H2,1-2H3,(H4,14,15,16)(H,22,23,24);(H,6,7)/t7-,9+;/m1./s1. The summed E-state index contributed by atoms with van der Waals surface area (Å²) in [7, 11) is -1.83. The lowest BCUT2D eigenvalue weighted by Gasteiger charge is -2.32. The molecule has 2 atom stereocenters. The van der Waals surface area contributed by atoms with Crippen LogP contribution in [0.1, 0.15) is 28.1 Å². The monoisotopic (exact) mass is 532 g/mol. The number of hydroxylamine groups is 2. The van der Waals surface area contributed by atoms with E-state index in [1.165, 1.54) is 21.1 Å². The fourth-order valence-corrected chi connectivity index (χ4v) is 4.67. The van der Waals surface area contributed by atoms with Crippen LogP contribution in [0.25, 0.3) is 0 Å². The van der Waals surface area contributed by atoms with Crippen molar-refractivity contribution in [2.45, 2.75) is 24.8 Å². The van der Waals surface area contributed by atoms with Crippen LogP contribution in [-0.2, 0) is 30.8 Å². The Kier molecular flexibility index (Phi) is 7.65. The number of alkyl halides is 3. The maximum Gasteiger partial charge on any atom is 0.490 e. The van der Waals surface area contributed by atoms with Crippen LogP contribution in [0.15, 0.2) is 10.4 Å². The lowest BCUT2D eigenvalue weighted by Crippen LogP contribution is -2.43. The molecule has 0 saturated carbocycles. The number of carbonyl (C=O) groups excluding carboxylic acids is 2. The van der Waals surface area contributed by atoms with Crippen LogP contribution in [0, 0.1) is 0 Å². The van der Waals surface area contributed by atoms with Crippen molar-refractivity contribution in [2.75, 3.05) is 20.6 Å². The van der Waals surface area contributed by atoms with E-state index in [2.05, 4.69) is 9.28 Å². The topological polar surface area (TPSA) is 209 Å². The molecular weight excluding hydrogens is 513 g/mol. The average molecular weight is 532 g/mol. The van der Waals surface area contributed by atoms with Gasteiger partial charge in [0.2, 0.25) is 5.91 Å². The number of carboxylic acid groups (broad SMARTS) is 1. The second kappa shape index (κ2) is 9.60. The fraction of sp³-hybridized carbons (Fsp3) is 0.467. The van der Waals surface area contributed by atoms with Crippen LogP contribution in [0.2, 0.25) is 0 Å². The third kappa shape index (κ3) is 5.85. The molecule has 3 heterocycles. The third-order valence-electron chi connectivity index (χ3n) is 4.44. The summed E-state index contributed by atoms with van der Waals surface area (Å²) in [5.41, 5.74) is 11.9. The van der Waals surface area contributed by atoms with Gasteiger partial charge in [-0.3, -0.25) is 9.35 Å². The van der Waals surface area contributed by atoms with E-state index in [1.807, 2.05) is 0 Å². The largest absolute Gasteiger partial charge is 0.490 e. The van der Waals surface area contributed by atoms with Crippen molar-refractivity contribution in [1.82, 2.24) is 14.9 Å². The Morgan fingerprint density at radius 3 is 2.35 bits per heavy atom. The van der Waals surface area contributed by atoms with Crippen molar-refractivity contribution >= 4 is 45.6 Å². The third-order valence-corrected chi connectivity index (χ3v) is 5.94. The van der Waals surface area contributed by atoms with Crippen LogP contribution in [0.4, 0.5) is 18.0 Å². The molecule has 190 valence electrons. The van der Waals surface area contributed by atoms with Crippen LogP contribution >= 0.6 is 11.3 Å². The first-order valence-electron chi connectivity index (χ1n) is 8.89. The number of urea groups is 1. The minimum Gasteiger partial charge on any atom is -0.475 e. The lowest BCUT2D eigenvalue weighted by molar-refractivity contribution is -0.192. The number of thiophene rings is 1. The number of aliphatic carboxylic acids is 1. The van der Waals surface area contributed by atoms with E-state index in [9.17, 15) is 31.2 Å². The van der Waals surface area contributed by atoms with Gasteiger partial charge in [0.25, 0.3) is 0 Å². The van der Waals surface area contributed by atoms with Crippen LogP contribution in [0.5, 0.6) is 0 Å². The summed E-state index contributed by atoms with van der Waals surface area (Å²) >= 11 is 1.23. The molecule has 1 aromatic rings. The summed E-state index contributed by atoms with van der Waals surface area (Å²) < 4.78 is 67.5. The molecule has 0 spiro atoms. The summed E-state index contributed by atoms with van der Waals surface area (Å²) in [4.78, 5) is 41.4. The van der Waals surface area contributed by atoms with E-state index in [0.717, 1.165) is 0 Å². The highest BCUT2D eigenvalue weighted by Gasteiger charge is 2.54. The molecule has 3 rings (SSSR count). The van der Waals surface area contributed by atoms with Gasteiger partial charge < -0.3 is 26.4 Å². The van der Waals surface area contributed by atoms with E-state index in [0.29, 0.717) is 21.1 Å². The first-order valence-corrected chi connectivity index (χ1v) is 11.1. The van der Waals surface area contributed by atoms with Gasteiger partial charge in [0, 0.05) is 24.5 Å². The smallest absolute Gasteiger partial charge is 0.475 e. The quantitative estimate of drug-likeness (QED) is 0.223. The van der Waals surface area contributed by atoms with E-state index >= 15 is 0 Å². The molecular formula is C15H19F3N6O8S2. The Balaban J connectivity index is 0.000000509. The molecule has 19 heteroatoms. The Morgan fingerprint density at radius 2 is 1.91 bits per heavy atom. The van der Waals surface area contributed by atoms with E-state index < -0.39 is 40.7 Å². The molecule has 2 bridgehead atoms. The predicted molar refractivity (Wildman–Crippen MR) is 108 cm³/mol. The molecule has 1 saturated heterocycles. The first kappa shape index (κ1) is 27.1. The number of rotatable bonds is 5. The van der Waals surface area contributed by atoms with Crippen molar-refractivity contribution in [1.29, 1.82) is 0 Å². The highest BCUT2D eigenvalue weighted by Crippen LogP contribution is 2.48. The van der Waals surface area contributed by atoms with Gasteiger partial charge in [-0.2, -0.15) is 26.7 Å². The molecule has 34 heavy (non-hydrogen) atoms. The zero-order valence-corrected chi connectivity index (χ0v) is 19.0. The number of halogens is 3. The molecule has 3 amide bonds. The maximum absolute atomic E-state index is 12.8. The van der Waals surface area contributed by atoms with Gasteiger partial charge in [0.05, 0.1) is 13.1 Å². The van der Waals surface area contributed by atoms with Crippen LogP contribution in [-0.4, -0.2) is 83.6 Å². The second-order valence-electron chi connectivity index (χ2n) is 7.00. The molecule has 0 aliphatic carbocycles. The molecule has 2 aliphatic rings. The van der Waals surface area contributed by atoms with Gasteiger partial charge in [0.1, 0.15) is 12.1 Å². The van der Waals surface area contributed by atoms with E-state index in [-0.39, 0.29) is 25.0 Å². The Bertz CT molecular complexity index is 1120. The van der Waals surface area contributed by atoms with Crippen molar-refractivity contribution in [2.24, 2.45) is 16.5 Å². The number of guanidine groups is 1. The summed E-state index contributed by atoms with van der Waals surface area (Å²) in [6.07, 6.45) is -5.08. The van der Waals surface area contributed by atoms with Crippen molar-refractivity contribution in [3.63, 3.8) is 0 Å². The number of fused-ring (bicyclic) bond motifs is 4. The molecule has 0 unspecified atom stereocenters. The number of hydrogen-bond acceptors (Lipinski definition) is 8. The molecule has 0 radical (unpaired) electrons. The minimum absolute atomic E-state index is 0.0356. The van der Waals surface area contributed by atoms with Crippen LogP contribution < -0.4 is 11.5 Å². The maximum atomic E-state index is 12.8. The highest BCUT2D eigenvalue weighted by molar-refractivity contribution is 7.80. The first-order chi connectivity index (χ1) is 15.5. The van der Waals surface area contributed by atoms with Crippen molar-refractivity contribution < 1.29 is 49.9 Å². The summed E-state index contributed by atoms with van der Waals surface area (Å²) in [6, 6.07) is -2.61.